The number of rotatable bonds is 5. The molecule has 2 heteroatoms. The molecule has 2 N–H and O–H groups in total. The molecule has 0 aromatic rings. The molecule has 0 spiro atoms. The average Bonchev–Trinajstić information content (AvgIpc) is 2.57. The zero-order chi connectivity index (χ0) is 13.3. The Bertz CT molecular complexity index is 258. The quantitative estimate of drug-likeness (QED) is 0.785. The van der Waals surface area contributed by atoms with Crippen molar-refractivity contribution < 1.29 is 0 Å². The summed E-state index contributed by atoms with van der Waals surface area (Å²) in [6, 6.07) is 0.793. The third-order valence-corrected chi connectivity index (χ3v) is 5.38. The molecular weight excluding hydrogens is 220 g/mol. The van der Waals surface area contributed by atoms with Crippen LogP contribution in [0.1, 0.15) is 53.4 Å². The monoisotopic (exact) mass is 252 g/mol. The fourth-order valence-electron chi connectivity index (χ4n) is 4.39. The summed E-state index contributed by atoms with van der Waals surface area (Å²) in [6.45, 7) is 9.68. The maximum Gasteiger partial charge on any atom is 0.0586 e. The first-order valence-corrected chi connectivity index (χ1v) is 7.94. The molecule has 0 bridgehead atoms. The zero-order valence-corrected chi connectivity index (χ0v) is 12.9. The number of hydrogen-bond acceptors (Lipinski definition) is 2. The van der Waals surface area contributed by atoms with Crippen molar-refractivity contribution >= 4 is 0 Å². The minimum absolute atomic E-state index is 0.581. The van der Waals surface area contributed by atoms with Crippen molar-refractivity contribution in [1.29, 1.82) is 0 Å². The molecule has 1 aliphatic heterocycles. The van der Waals surface area contributed by atoms with Gasteiger partial charge in [0.25, 0.3) is 0 Å². The van der Waals surface area contributed by atoms with Crippen LogP contribution < -0.4 is 10.6 Å². The van der Waals surface area contributed by atoms with Crippen molar-refractivity contribution in [1.82, 2.24) is 10.6 Å². The van der Waals surface area contributed by atoms with Gasteiger partial charge in [-0.2, -0.15) is 0 Å². The average molecular weight is 252 g/mol. The second-order valence-corrected chi connectivity index (χ2v) is 7.33. The molecule has 0 radical (unpaired) electrons. The number of nitrogens with one attached hydrogen (secondary N) is 2. The third-order valence-electron chi connectivity index (χ3n) is 5.38. The van der Waals surface area contributed by atoms with Gasteiger partial charge in [0.1, 0.15) is 0 Å². The van der Waals surface area contributed by atoms with Gasteiger partial charge in [0.05, 0.1) is 6.17 Å². The summed E-state index contributed by atoms with van der Waals surface area (Å²) in [6.07, 6.45) is 6.22. The maximum absolute atomic E-state index is 3.68. The van der Waals surface area contributed by atoms with Gasteiger partial charge >= 0.3 is 0 Å². The van der Waals surface area contributed by atoms with Crippen molar-refractivity contribution in [3.63, 3.8) is 0 Å². The van der Waals surface area contributed by atoms with Gasteiger partial charge < -0.3 is 5.32 Å². The number of hydrogen-bond donors (Lipinski definition) is 2. The SMILES string of the molecule is CNC1CC(C2CC(C)C(C(C)CC(C)C)C2)N1. The summed E-state index contributed by atoms with van der Waals surface area (Å²) in [5.74, 6) is 4.59. The standard InChI is InChI=1S/C16H32N2/c1-10(2)6-11(3)14-8-13(7-12(14)4)15-9-16(17-5)18-15/h10-18H,6-9H2,1-5H3. The lowest BCUT2D eigenvalue weighted by molar-refractivity contribution is 0.165. The van der Waals surface area contributed by atoms with E-state index in [2.05, 4.69) is 45.4 Å². The van der Waals surface area contributed by atoms with Crippen LogP contribution in [0.4, 0.5) is 0 Å². The van der Waals surface area contributed by atoms with Crippen LogP contribution in [-0.2, 0) is 0 Å². The largest absolute Gasteiger partial charge is 0.305 e. The van der Waals surface area contributed by atoms with E-state index in [-0.39, 0.29) is 0 Å². The van der Waals surface area contributed by atoms with Crippen molar-refractivity contribution in [2.45, 2.75) is 65.6 Å². The Balaban J connectivity index is 1.81. The van der Waals surface area contributed by atoms with E-state index in [9.17, 15) is 0 Å². The highest BCUT2D eigenvalue weighted by molar-refractivity contribution is 4.96. The molecule has 1 heterocycles. The fourth-order valence-corrected chi connectivity index (χ4v) is 4.39. The summed E-state index contributed by atoms with van der Waals surface area (Å²) in [4.78, 5) is 0. The minimum Gasteiger partial charge on any atom is -0.305 e. The molecular formula is C16H32N2. The van der Waals surface area contributed by atoms with E-state index in [1.165, 1.54) is 25.7 Å². The van der Waals surface area contributed by atoms with Gasteiger partial charge in [-0.3, -0.25) is 5.32 Å². The predicted octanol–water partition coefficient (Wildman–Crippen LogP) is 3.24. The van der Waals surface area contributed by atoms with Crippen LogP contribution in [0.15, 0.2) is 0 Å². The minimum atomic E-state index is 0.581. The molecule has 2 rings (SSSR count). The van der Waals surface area contributed by atoms with Crippen LogP contribution in [0.25, 0.3) is 0 Å². The molecule has 6 unspecified atom stereocenters. The van der Waals surface area contributed by atoms with Crippen LogP contribution in [0.2, 0.25) is 0 Å². The van der Waals surface area contributed by atoms with E-state index >= 15 is 0 Å². The molecule has 18 heavy (non-hydrogen) atoms. The highest BCUT2D eigenvalue weighted by Crippen LogP contribution is 2.45. The lowest BCUT2D eigenvalue weighted by Gasteiger charge is -2.41. The maximum atomic E-state index is 3.68. The van der Waals surface area contributed by atoms with Crippen molar-refractivity contribution in [3.8, 4) is 0 Å². The first-order chi connectivity index (χ1) is 8.51. The first-order valence-electron chi connectivity index (χ1n) is 7.94. The molecule has 0 aromatic carbocycles. The Kier molecular flexibility index (Phi) is 4.71. The Morgan fingerprint density at radius 1 is 1.17 bits per heavy atom. The lowest BCUT2D eigenvalue weighted by Crippen LogP contribution is -2.61. The highest BCUT2D eigenvalue weighted by atomic mass is 15.2. The molecule has 1 saturated heterocycles. The predicted molar refractivity (Wildman–Crippen MR) is 78.4 cm³/mol. The Morgan fingerprint density at radius 3 is 2.39 bits per heavy atom. The van der Waals surface area contributed by atoms with Gasteiger partial charge in [0, 0.05) is 6.04 Å². The third kappa shape index (κ3) is 3.08. The van der Waals surface area contributed by atoms with Gasteiger partial charge in [-0.15, -0.1) is 0 Å². The van der Waals surface area contributed by atoms with E-state index in [0.717, 1.165) is 35.6 Å². The van der Waals surface area contributed by atoms with Crippen LogP contribution in [0.3, 0.4) is 0 Å². The Labute approximate surface area is 113 Å². The lowest BCUT2D eigenvalue weighted by atomic mass is 9.80. The van der Waals surface area contributed by atoms with Gasteiger partial charge in [-0.25, -0.2) is 0 Å². The molecule has 2 fully saturated rings. The van der Waals surface area contributed by atoms with Crippen molar-refractivity contribution in [2.75, 3.05) is 7.05 Å². The zero-order valence-electron chi connectivity index (χ0n) is 12.9. The summed E-state index contributed by atoms with van der Waals surface area (Å²) in [5.41, 5.74) is 0. The van der Waals surface area contributed by atoms with Crippen LogP contribution in [-0.4, -0.2) is 19.3 Å². The molecule has 2 aliphatic rings. The molecule has 1 saturated carbocycles. The second-order valence-electron chi connectivity index (χ2n) is 7.33. The van der Waals surface area contributed by atoms with Crippen LogP contribution in [0.5, 0.6) is 0 Å². The normalized spacial score (nSPS) is 42.0. The smallest absolute Gasteiger partial charge is 0.0586 e. The van der Waals surface area contributed by atoms with Gasteiger partial charge in [0.15, 0.2) is 0 Å². The van der Waals surface area contributed by atoms with Gasteiger partial charge in [-0.05, 0) is 62.3 Å². The van der Waals surface area contributed by atoms with E-state index in [1.807, 2.05) is 0 Å². The van der Waals surface area contributed by atoms with Crippen LogP contribution in [0, 0.1) is 29.6 Å². The summed E-state index contributed by atoms with van der Waals surface area (Å²) in [7, 11) is 2.05. The molecule has 1 aliphatic carbocycles. The van der Waals surface area contributed by atoms with Gasteiger partial charge in [0.2, 0.25) is 0 Å². The summed E-state index contributed by atoms with van der Waals surface area (Å²) in [5, 5.41) is 7.00. The van der Waals surface area contributed by atoms with E-state index in [1.54, 1.807) is 0 Å². The first kappa shape index (κ1) is 14.3. The molecule has 0 aromatic heterocycles. The second kappa shape index (κ2) is 5.92. The Hall–Kier alpha value is -0.0800. The molecule has 106 valence electrons. The van der Waals surface area contributed by atoms with E-state index < -0.39 is 0 Å². The topological polar surface area (TPSA) is 24.1 Å². The highest BCUT2D eigenvalue weighted by Gasteiger charge is 2.42. The summed E-state index contributed by atoms with van der Waals surface area (Å²) >= 11 is 0. The van der Waals surface area contributed by atoms with Gasteiger partial charge in [-0.1, -0.05) is 27.7 Å². The van der Waals surface area contributed by atoms with Crippen LogP contribution >= 0.6 is 0 Å². The molecule has 2 nitrogen and oxygen atoms in total. The van der Waals surface area contributed by atoms with E-state index in [0.29, 0.717) is 6.17 Å². The van der Waals surface area contributed by atoms with Crippen molar-refractivity contribution in [2.24, 2.45) is 29.6 Å². The summed E-state index contributed by atoms with van der Waals surface area (Å²) < 4.78 is 0. The fraction of sp³-hybridized carbons (Fsp3) is 1.00. The molecule has 6 atom stereocenters. The molecule has 0 amide bonds. The Morgan fingerprint density at radius 2 is 1.83 bits per heavy atom. The van der Waals surface area contributed by atoms with E-state index in [4.69, 9.17) is 0 Å². The van der Waals surface area contributed by atoms with Crippen molar-refractivity contribution in [3.05, 3.63) is 0 Å².